The van der Waals surface area contributed by atoms with Gasteiger partial charge < -0.3 is 14.2 Å². The molecule has 0 radical (unpaired) electrons. The normalized spacial score (nSPS) is 20.1. The standard InChI is InChI=1S/C28H35N3O2/c1-3-20(2)21-12-14-24(15-13-21)33-17-16-30-26-11-7-6-10-25(26)29-28(30)22-18-27(32)31(19-22)23-8-4-5-9-23/h6-7,10-15,20,22-23H,3-5,8-9,16-19H2,1-2H3. The average molecular weight is 446 g/mol. The molecule has 2 aliphatic rings. The maximum absolute atomic E-state index is 12.8. The first-order valence-electron chi connectivity index (χ1n) is 12.6. The van der Waals surface area contributed by atoms with E-state index in [1.54, 1.807) is 0 Å². The Bertz CT molecular complexity index is 1100. The highest BCUT2D eigenvalue weighted by atomic mass is 16.5. The number of para-hydroxylation sites is 2. The highest BCUT2D eigenvalue weighted by Crippen LogP contribution is 2.35. The number of nitrogens with zero attached hydrogens (tertiary/aromatic N) is 3. The molecule has 33 heavy (non-hydrogen) atoms. The second kappa shape index (κ2) is 9.58. The summed E-state index contributed by atoms with van der Waals surface area (Å²) in [6.45, 7) is 6.56. The lowest BCUT2D eigenvalue weighted by Crippen LogP contribution is -2.34. The van der Waals surface area contributed by atoms with Crippen LogP contribution in [-0.2, 0) is 11.3 Å². The van der Waals surface area contributed by atoms with E-state index in [0.717, 1.165) is 55.0 Å². The molecule has 1 amide bonds. The second-order valence-corrected chi connectivity index (χ2v) is 9.72. The zero-order chi connectivity index (χ0) is 22.8. The lowest BCUT2D eigenvalue weighted by Gasteiger charge is -2.24. The van der Waals surface area contributed by atoms with Crippen molar-refractivity contribution >= 4 is 16.9 Å². The maximum atomic E-state index is 12.8. The van der Waals surface area contributed by atoms with Gasteiger partial charge in [-0.3, -0.25) is 4.79 Å². The minimum atomic E-state index is 0.153. The number of ether oxygens (including phenoxy) is 1. The Morgan fingerprint density at radius 3 is 2.61 bits per heavy atom. The van der Waals surface area contributed by atoms with Crippen molar-refractivity contribution in [1.82, 2.24) is 14.5 Å². The van der Waals surface area contributed by atoms with Gasteiger partial charge in [-0.25, -0.2) is 4.98 Å². The predicted molar refractivity (Wildman–Crippen MR) is 132 cm³/mol. The summed E-state index contributed by atoms with van der Waals surface area (Å²) in [5, 5.41) is 0. The first kappa shape index (κ1) is 22.0. The van der Waals surface area contributed by atoms with Crippen LogP contribution in [0.5, 0.6) is 5.75 Å². The van der Waals surface area contributed by atoms with E-state index in [9.17, 15) is 4.79 Å². The number of carbonyl (C=O) groups excluding carboxylic acids is 1. The van der Waals surface area contributed by atoms with Crippen LogP contribution in [0.25, 0.3) is 11.0 Å². The third-order valence-electron chi connectivity index (χ3n) is 7.62. The molecule has 1 aliphatic heterocycles. The van der Waals surface area contributed by atoms with Crippen LogP contribution in [0.15, 0.2) is 48.5 Å². The molecule has 2 aromatic carbocycles. The quantitative estimate of drug-likeness (QED) is 0.434. The maximum Gasteiger partial charge on any atom is 0.223 e. The van der Waals surface area contributed by atoms with Gasteiger partial charge in [0.25, 0.3) is 0 Å². The number of imidazole rings is 1. The van der Waals surface area contributed by atoms with Gasteiger partial charge in [-0.1, -0.05) is 51.0 Å². The minimum Gasteiger partial charge on any atom is -0.492 e. The number of likely N-dealkylation sites (tertiary alicyclic amines) is 1. The molecule has 5 rings (SSSR count). The summed E-state index contributed by atoms with van der Waals surface area (Å²) >= 11 is 0. The molecule has 2 unspecified atom stereocenters. The van der Waals surface area contributed by atoms with Gasteiger partial charge in [-0.2, -0.15) is 0 Å². The van der Waals surface area contributed by atoms with Gasteiger partial charge in [0.2, 0.25) is 5.91 Å². The first-order valence-corrected chi connectivity index (χ1v) is 12.6. The van der Waals surface area contributed by atoms with E-state index in [1.165, 1.54) is 18.4 Å². The molecular formula is C28H35N3O2. The van der Waals surface area contributed by atoms with Crippen molar-refractivity contribution in [2.24, 2.45) is 0 Å². The van der Waals surface area contributed by atoms with E-state index in [4.69, 9.17) is 9.72 Å². The van der Waals surface area contributed by atoms with Gasteiger partial charge >= 0.3 is 0 Å². The highest BCUT2D eigenvalue weighted by molar-refractivity contribution is 5.81. The number of amides is 1. The van der Waals surface area contributed by atoms with E-state index in [2.05, 4.69) is 65.8 Å². The fourth-order valence-electron chi connectivity index (χ4n) is 5.50. The number of rotatable bonds is 8. The largest absolute Gasteiger partial charge is 0.492 e. The van der Waals surface area contributed by atoms with Gasteiger partial charge in [0.15, 0.2) is 0 Å². The topological polar surface area (TPSA) is 47.4 Å². The number of fused-ring (bicyclic) bond motifs is 1. The van der Waals surface area contributed by atoms with Crippen molar-refractivity contribution in [3.05, 3.63) is 59.9 Å². The van der Waals surface area contributed by atoms with Crippen LogP contribution in [0.1, 0.15) is 75.6 Å². The van der Waals surface area contributed by atoms with Gasteiger partial charge in [0, 0.05) is 24.9 Å². The number of aromatic nitrogens is 2. The van der Waals surface area contributed by atoms with Crippen molar-refractivity contribution < 1.29 is 9.53 Å². The third-order valence-corrected chi connectivity index (χ3v) is 7.62. The number of hydrogen-bond donors (Lipinski definition) is 0. The molecule has 0 N–H and O–H groups in total. The minimum absolute atomic E-state index is 0.153. The van der Waals surface area contributed by atoms with Crippen molar-refractivity contribution in [3.8, 4) is 5.75 Å². The molecule has 1 saturated carbocycles. The first-order chi connectivity index (χ1) is 16.1. The Morgan fingerprint density at radius 1 is 1.09 bits per heavy atom. The zero-order valence-electron chi connectivity index (χ0n) is 19.9. The van der Waals surface area contributed by atoms with Crippen LogP contribution in [0.3, 0.4) is 0 Å². The third kappa shape index (κ3) is 4.50. The lowest BCUT2D eigenvalue weighted by atomic mass is 9.99. The molecule has 1 aliphatic carbocycles. The summed E-state index contributed by atoms with van der Waals surface area (Å²) in [7, 11) is 0. The molecular weight excluding hydrogens is 410 g/mol. The molecule has 1 saturated heterocycles. The SMILES string of the molecule is CCC(C)c1ccc(OCCn2c(C3CC(=O)N(C4CCCC4)C3)nc3ccccc32)cc1. The molecule has 2 atom stereocenters. The number of hydrogen-bond acceptors (Lipinski definition) is 3. The van der Waals surface area contributed by atoms with Crippen LogP contribution in [0.2, 0.25) is 0 Å². The average Bonchev–Trinajstić information content (AvgIpc) is 3.58. The van der Waals surface area contributed by atoms with Gasteiger partial charge in [-0.15, -0.1) is 0 Å². The lowest BCUT2D eigenvalue weighted by molar-refractivity contribution is -0.129. The molecule has 0 bridgehead atoms. The monoisotopic (exact) mass is 445 g/mol. The molecule has 1 aromatic heterocycles. The molecule has 2 fully saturated rings. The van der Waals surface area contributed by atoms with Crippen molar-refractivity contribution in [2.75, 3.05) is 13.2 Å². The van der Waals surface area contributed by atoms with Crippen LogP contribution in [-0.4, -0.2) is 39.6 Å². The predicted octanol–water partition coefficient (Wildman–Crippen LogP) is 5.89. The summed E-state index contributed by atoms with van der Waals surface area (Å²) in [4.78, 5) is 20.0. The van der Waals surface area contributed by atoms with Crippen LogP contribution in [0, 0.1) is 0 Å². The van der Waals surface area contributed by atoms with Crippen molar-refractivity contribution in [3.63, 3.8) is 0 Å². The van der Waals surface area contributed by atoms with Gasteiger partial charge in [0.05, 0.1) is 17.6 Å². The summed E-state index contributed by atoms with van der Waals surface area (Å²) in [5.74, 6) is 2.94. The van der Waals surface area contributed by atoms with E-state index in [0.29, 0.717) is 30.9 Å². The van der Waals surface area contributed by atoms with Gasteiger partial charge in [0.1, 0.15) is 18.2 Å². The van der Waals surface area contributed by atoms with E-state index in [1.807, 2.05) is 6.07 Å². The van der Waals surface area contributed by atoms with E-state index < -0.39 is 0 Å². The van der Waals surface area contributed by atoms with E-state index in [-0.39, 0.29) is 5.92 Å². The molecule has 2 heterocycles. The molecule has 174 valence electrons. The fourth-order valence-corrected chi connectivity index (χ4v) is 5.50. The summed E-state index contributed by atoms with van der Waals surface area (Å²) in [6.07, 6.45) is 6.49. The summed E-state index contributed by atoms with van der Waals surface area (Å²) in [5.41, 5.74) is 3.47. The Balaban J connectivity index is 1.32. The van der Waals surface area contributed by atoms with Crippen LogP contribution >= 0.6 is 0 Å². The summed E-state index contributed by atoms with van der Waals surface area (Å²) in [6, 6.07) is 17.2. The fraction of sp³-hybridized carbons (Fsp3) is 0.500. The molecule has 3 aromatic rings. The van der Waals surface area contributed by atoms with Crippen LogP contribution < -0.4 is 4.74 Å². The Kier molecular flexibility index (Phi) is 6.39. The Hall–Kier alpha value is -2.82. The number of benzene rings is 2. The zero-order valence-corrected chi connectivity index (χ0v) is 19.9. The smallest absolute Gasteiger partial charge is 0.223 e. The van der Waals surface area contributed by atoms with Crippen molar-refractivity contribution in [1.29, 1.82) is 0 Å². The Labute approximate surface area is 196 Å². The molecule has 0 spiro atoms. The Morgan fingerprint density at radius 2 is 1.85 bits per heavy atom. The molecule has 5 nitrogen and oxygen atoms in total. The second-order valence-electron chi connectivity index (χ2n) is 9.72. The van der Waals surface area contributed by atoms with Gasteiger partial charge in [-0.05, 0) is 55.0 Å². The van der Waals surface area contributed by atoms with E-state index >= 15 is 0 Å². The van der Waals surface area contributed by atoms with Crippen LogP contribution in [0.4, 0.5) is 0 Å². The number of carbonyl (C=O) groups is 1. The van der Waals surface area contributed by atoms with Crippen molar-refractivity contribution in [2.45, 2.75) is 76.8 Å². The highest BCUT2D eigenvalue weighted by Gasteiger charge is 2.38. The summed E-state index contributed by atoms with van der Waals surface area (Å²) < 4.78 is 8.39. The molecule has 5 heteroatoms.